The third kappa shape index (κ3) is 3.87. The minimum Gasteiger partial charge on any atom is -0.486 e. The molecule has 2 aromatic rings. The summed E-state index contributed by atoms with van der Waals surface area (Å²) in [7, 11) is 0. The van der Waals surface area contributed by atoms with Crippen LogP contribution in [0.25, 0.3) is 11.0 Å². The lowest BCUT2D eigenvalue weighted by Gasteiger charge is -2.38. The summed E-state index contributed by atoms with van der Waals surface area (Å²) in [6.07, 6.45) is 5.60. The number of amides is 1. The van der Waals surface area contributed by atoms with Gasteiger partial charge in [0.2, 0.25) is 5.91 Å². The molecule has 1 amide bonds. The molecular weight excluding hydrogens is 380 g/mol. The third-order valence-electron chi connectivity index (χ3n) is 6.51. The number of hydrogen-bond acceptors (Lipinski definition) is 5. The Kier molecular flexibility index (Phi) is 4.88. The third-order valence-corrected chi connectivity index (χ3v) is 6.51. The van der Waals surface area contributed by atoms with Crippen LogP contribution in [0.4, 0.5) is 0 Å². The maximum absolute atomic E-state index is 12.4. The van der Waals surface area contributed by atoms with Gasteiger partial charge in [-0.05, 0) is 64.5 Å². The number of piperidine rings is 1. The van der Waals surface area contributed by atoms with Gasteiger partial charge in [-0.3, -0.25) is 9.69 Å². The number of rotatable bonds is 4. The van der Waals surface area contributed by atoms with Gasteiger partial charge in [-0.1, -0.05) is 0 Å². The minimum atomic E-state index is -0.177. The molecule has 3 aliphatic heterocycles. The molecule has 0 saturated carbocycles. The molecule has 162 valence electrons. The fourth-order valence-corrected chi connectivity index (χ4v) is 5.44. The van der Waals surface area contributed by atoms with Crippen LogP contribution in [0.2, 0.25) is 0 Å². The molecule has 1 aromatic carbocycles. The maximum Gasteiger partial charge on any atom is 0.234 e. The number of fused-ring (bicyclic) bond motifs is 5. The van der Waals surface area contributed by atoms with Crippen molar-refractivity contribution >= 4 is 16.9 Å². The van der Waals surface area contributed by atoms with Crippen LogP contribution >= 0.6 is 0 Å². The molecule has 7 nitrogen and oxygen atoms in total. The first-order chi connectivity index (χ1) is 14.4. The number of ether oxygens (including phenoxy) is 2. The molecule has 2 fully saturated rings. The molecule has 0 aliphatic carbocycles. The number of imidazole rings is 1. The Bertz CT molecular complexity index is 934. The van der Waals surface area contributed by atoms with E-state index in [2.05, 4.69) is 15.2 Å². The number of H-pyrrole nitrogens is 1. The summed E-state index contributed by atoms with van der Waals surface area (Å²) < 4.78 is 11.5. The lowest BCUT2D eigenvalue weighted by Crippen LogP contribution is -2.51. The number of benzene rings is 1. The second-order valence-corrected chi connectivity index (χ2v) is 10.1. The Labute approximate surface area is 177 Å². The van der Waals surface area contributed by atoms with Crippen LogP contribution in [0.1, 0.15) is 52.3 Å². The number of nitrogens with one attached hydrogen (secondary N) is 2. The molecule has 30 heavy (non-hydrogen) atoms. The van der Waals surface area contributed by atoms with Crippen LogP contribution in [0, 0.1) is 5.92 Å². The molecule has 5 rings (SSSR count). The lowest BCUT2D eigenvalue weighted by molar-refractivity contribution is -0.125. The number of aromatic amines is 1. The van der Waals surface area contributed by atoms with E-state index in [1.165, 1.54) is 12.8 Å². The normalized spacial score (nSPS) is 26.2. The summed E-state index contributed by atoms with van der Waals surface area (Å²) >= 11 is 0. The number of carbonyl (C=O) groups is 1. The SMILES string of the molecule is CC(C)(C)NC(=O)CN1[C@@H]2CC[C@H]1CC(Cc1nc3c4c(ccc3[nH]1)OCCO4)C2. The zero-order valence-electron chi connectivity index (χ0n) is 18.2. The number of carbonyl (C=O) groups excluding carboxylic acids is 1. The van der Waals surface area contributed by atoms with E-state index in [1.807, 2.05) is 32.9 Å². The van der Waals surface area contributed by atoms with Gasteiger partial charge in [0.15, 0.2) is 11.5 Å². The summed E-state index contributed by atoms with van der Waals surface area (Å²) in [5, 5.41) is 3.11. The van der Waals surface area contributed by atoms with E-state index in [1.54, 1.807) is 0 Å². The Balaban J connectivity index is 1.25. The van der Waals surface area contributed by atoms with Crippen molar-refractivity contribution in [3.05, 3.63) is 18.0 Å². The van der Waals surface area contributed by atoms with Gasteiger partial charge in [0.1, 0.15) is 24.6 Å². The van der Waals surface area contributed by atoms with Gasteiger partial charge >= 0.3 is 0 Å². The summed E-state index contributed by atoms with van der Waals surface area (Å²) in [5.41, 5.74) is 1.71. The topological polar surface area (TPSA) is 79.5 Å². The highest BCUT2D eigenvalue weighted by atomic mass is 16.6. The Morgan fingerprint density at radius 2 is 1.93 bits per heavy atom. The van der Waals surface area contributed by atoms with Crippen LogP contribution in [0.15, 0.2) is 12.1 Å². The second kappa shape index (κ2) is 7.45. The molecule has 7 heteroatoms. The minimum absolute atomic E-state index is 0.141. The first-order valence-corrected chi connectivity index (χ1v) is 11.2. The van der Waals surface area contributed by atoms with E-state index in [0.29, 0.717) is 37.8 Å². The zero-order chi connectivity index (χ0) is 20.9. The standard InChI is InChI=1S/C23H32N4O3/c1-23(2,3)26-20(28)13-27-15-4-5-16(27)11-14(10-15)12-19-24-17-6-7-18-22(21(17)25-19)30-9-8-29-18/h6-7,14-16H,4-5,8-13H2,1-3H3,(H,24,25)(H,26,28)/t14?,15-,16+. The quantitative estimate of drug-likeness (QED) is 0.807. The van der Waals surface area contributed by atoms with E-state index in [0.717, 1.165) is 47.6 Å². The summed E-state index contributed by atoms with van der Waals surface area (Å²) in [6.45, 7) is 7.78. The molecule has 4 heterocycles. The molecule has 0 spiro atoms. The van der Waals surface area contributed by atoms with Crippen molar-refractivity contribution in [3.8, 4) is 11.5 Å². The lowest BCUT2D eigenvalue weighted by atomic mass is 9.88. The predicted molar refractivity (Wildman–Crippen MR) is 115 cm³/mol. The highest BCUT2D eigenvalue weighted by molar-refractivity contribution is 5.85. The van der Waals surface area contributed by atoms with E-state index in [9.17, 15) is 4.79 Å². The van der Waals surface area contributed by atoms with E-state index in [4.69, 9.17) is 14.5 Å². The van der Waals surface area contributed by atoms with Crippen LogP contribution in [0.5, 0.6) is 11.5 Å². The van der Waals surface area contributed by atoms with Crippen LogP contribution in [0.3, 0.4) is 0 Å². The first kappa shape index (κ1) is 19.7. The predicted octanol–water partition coefficient (Wildman–Crippen LogP) is 3.03. The summed E-state index contributed by atoms with van der Waals surface area (Å²) in [5.74, 6) is 3.31. The summed E-state index contributed by atoms with van der Waals surface area (Å²) in [6, 6.07) is 5.00. The zero-order valence-corrected chi connectivity index (χ0v) is 18.2. The highest BCUT2D eigenvalue weighted by Gasteiger charge is 2.41. The number of hydrogen-bond donors (Lipinski definition) is 2. The second-order valence-electron chi connectivity index (χ2n) is 10.1. The molecule has 1 unspecified atom stereocenters. The van der Waals surface area contributed by atoms with Crippen molar-refractivity contribution in [1.29, 1.82) is 0 Å². The summed E-state index contributed by atoms with van der Waals surface area (Å²) in [4.78, 5) is 23.2. The first-order valence-electron chi connectivity index (χ1n) is 11.2. The molecule has 2 N–H and O–H groups in total. The fraction of sp³-hybridized carbons (Fsp3) is 0.652. The van der Waals surface area contributed by atoms with Gasteiger partial charge in [0, 0.05) is 24.0 Å². The molecule has 3 atom stereocenters. The van der Waals surface area contributed by atoms with Gasteiger partial charge in [-0.25, -0.2) is 4.98 Å². The molecule has 2 saturated heterocycles. The Morgan fingerprint density at radius 3 is 2.67 bits per heavy atom. The van der Waals surface area contributed by atoms with Gasteiger partial charge < -0.3 is 19.8 Å². The van der Waals surface area contributed by atoms with E-state index < -0.39 is 0 Å². The van der Waals surface area contributed by atoms with Crippen molar-refractivity contribution in [1.82, 2.24) is 20.2 Å². The van der Waals surface area contributed by atoms with E-state index >= 15 is 0 Å². The molecule has 0 radical (unpaired) electrons. The van der Waals surface area contributed by atoms with Gasteiger partial charge in [0.05, 0.1) is 12.1 Å². The average Bonchev–Trinajstić information content (AvgIpc) is 3.17. The number of nitrogens with zero attached hydrogens (tertiary/aromatic N) is 2. The molecule has 1 aromatic heterocycles. The van der Waals surface area contributed by atoms with E-state index in [-0.39, 0.29) is 11.4 Å². The Morgan fingerprint density at radius 1 is 1.20 bits per heavy atom. The van der Waals surface area contributed by atoms with Crippen molar-refractivity contribution in [2.24, 2.45) is 5.92 Å². The highest BCUT2D eigenvalue weighted by Crippen LogP contribution is 2.40. The molecule has 2 bridgehead atoms. The molecular formula is C23H32N4O3. The van der Waals surface area contributed by atoms with Crippen molar-refractivity contribution in [2.45, 2.75) is 70.5 Å². The average molecular weight is 413 g/mol. The van der Waals surface area contributed by atoms with Gasteiger partial charge in [-0.15, -0.1) is 0 Å². The Hall–Kier alpha value is -2.28. The van der Waals surface area contributed by atoms with Crippen molar-refractivity contribution in [3.63, 3.8) is 0 Å². The monoisotopic (exact) mass is 412 g/mol. The fourth-order valence-electron chi connectivity index (χ4n) is 5.44. The largest absolute Gasteiger partial charge is 0.486 e. The molecule has 3 aliphatic rings. The van der Waals surface area contributed by atoms with Gasteiger partial charge in [-0.2, -0.15) is 0 Å². The number of aromatic nitrogens is 2. The van der Waals surface area contributed by atoms with Gasteiger partial charge in [0.25, 0.3) is 0 Å². The van der Waals surface area contributed by atoms with Crippen LogP contribution in [-0.4, -0.2) is 58.2 Å². The van der Waals surface area contributed by atoms with Crippen molar-refractivity contribution < 1.29 is 14.3 Å². The van der Waals surface area contributed by atoms with Crippen LogP contribution in [-0.2, 0) is 11.2 Å². The van der Waals surface area contributed by atoms with Crippen LogP contribution < -0.4 is 14.8 Å². The maximum atomic E-state index is 12.4. The smallest absolute Gasteiger partial charge is 0.234 e. The van der Waals surface area contributed by atoms with Crippen molar-refractivity contribution in [2.75, 3.05) is 19.8 Å².